The summed E-state index contributed by atoms with van der Waals surface area (Å²) in [6.45, 7) is 0. The Balaban J connectivity index is 3.70. The normalized spacial score (nSPS) is 11.7. The van der Waals surface area contributed by atoms with E-state index in [1.54, 1.807) is 0 Å². The van der Waals surface area contributed by atoms with Gasteiger partial charge >= 0.3 is 5.97 Å². The summed E-state index contributed by atoms with van der Waals surface area (Å²) < 4.78 is 9.55. The standard InChI is InChI=1S/C10H12N2O7/c1-18-5-3-4(12(16)17)6(7(11)10(14)15)9(19-2)8(5)13/h3,7,13H,11H2,1-2H3,(H,14,15)/t7-/m0/s1. The van der Waals surface area contributed by atoms with Crippen LogP contribution in [0.2, 0.25) is 0 Å². The maximum Gasteiger partial charge on any atom is 0.325 e. The van der Waals surface area contributed by atoms with Crippen LogP contribution in [0.5, 0.6) is 17.2 Å². The summed E-state index contributed by atoms with van der Waals surface area (Å²) in [6.07, 6.45) is 0. The number of phenolic OH excluding ortho intramolecular Hbond substituents is 1. The van der Waals surface area contributed by atoms with Crippen LogP contribution in [-0.4, -0.2) is 35.3 Å². The molecule has 0 fully saturated rings. The van der Waals surface area contributed by atoms with Gasteiger partial charge in [0.2, 0.25) is 5.75 Å². The van der Waals surface area contributed by atoms with Crippen molar-refractivity contribution >= 4 is 11.7 Å². The highest BCUT2D eigenvalue weighted by Crippen LogP contribution is 2.46. The first-order valence-corrected chi connectivity index (χ1v) is 4.95. The van der Waals surface area contributed by atoms with E-state index < -0.39 is 39.7 Å². The summed E-state index contributed by atoms with van der Waals surface area (Å²) in [6, 6.07) is -0.831. The smallest absolute Gasteiger partial charge is 0.325 e. The minimum Gasteiger partial charge on any atom is -0.502 e. The molecule has 1 aromatic rings. The first-order chi connectivity index (χ1) is 8.84. The number of nitrogens with two attached hydrogens (primary N) is 1. The Hall–Kier alpha value is -2.55. The largest absolute Gasteiger partial charge is 0.502 e. The summed E-state index contributed by atoms with van der Waals surface area (Å²) in [5.41, 5.74) is 4.34. The number of nitro groups is 1. The molecular weight excluding hydrogens is 260 g/mol. The Morgan fingerprint density at radius 2 is 2.05 bits per heavy atom. The maximum atomic E-state index is 11.0. The third-order valence-electron chi connectivity index (χ3n) is 2.43. The predicted octanol–water partition coefficient (Wildman–Crippen LogP) is 0.402. The molecule has 0 bridgehead atoms. The fourth-order valence-corrected chi connectivity index (χ4v) is 1.56. The van der Waals surface area contributed by atoms with Gasteiger partial charge in [0.1, 0.15) is 11.6 Å². The van der Waals surface area contributed by atoms with Crippen LogP contribution in [0, 0.1) is 10.1 Å². The van der Waals surface area contributed by atoms with Gasteiger partial charge in [-0.15, -0.1) is 0 Å². The summed E-state index contributed by atoms with van der Waals surface area (Å²) >= 11 is 0. The van der Waals surface area contributed by atoms with Crippen molar-refractivity contribution in [2.75, 3.05) is 14.2 Å². The molecule has 9 heteroatoms. The molecule has 0 heterocycles. The highest BCUT2D eigenvalue weighted by atomic mass is 16.6. The summed E-state index contributed by atoms with van der Waals surface area (Å²) in [5.74, 6) is -2.67. The zero-order valence-electron chi connectivity index (χ0n) is 10.1. The van der Waals surface area contributed by atoms with Gasteiger partial charge in [-0.05, 0) is 0 Å². The highest BCUT2D eigenvalue weighted by molar-refractivity contribution is 5.80. The highest BCUT2D eigenvalue weighted by Gasteiger charge is 2.33. The number of benzene rings is 1. The fourth-order valence-electron chi connectivity index (χ4n) is 1.56. The van der Waals surface area contributed by atoms with Gasteiger partial charge in [0, 0.05) is 0 Å². The van der Waals surface area contributed by atoms with E-state index in [1.807, 2.05) is 0 Å². The average molecular weight is 272 g/mol. The van der Waals surface area contributed by atoms with Gasteiger partial charge < -0.3 is 25.4 Å². The van der Waals surface area contributed by atoms with Crippen LogP contribution in [0.1, 0.15) is 11.6 Å². The van der Waals surface area contributed by atoms with Gasteiger partial charge in [-0.3, -0.25) is 14.9 Å². The Morgan fingerprint density at radius 1 is 1.47 bits per heavy atom. The van der Waals surface area contributed by atoms with Crippen molar-refractivity contribution in [3.05, 3.63) is 21.7 Å². The molecule has 0 spiro atoms. The second kappa shape index (κ2) is 5.40. The van der Waals surface area contributed by atoms with Gasteiger partial charge in [0.25, 0.3) is 5.69 Å². The zero-order chi connectivity index (χ0) is 14.7. The van der Waals surface area contributed by atoms with Crippen LogP contribution in [0.4, 0.5) is 5.69 Å². The summed E-state index contributed by atoms with van der Waals surface area (Å²) in [4.78, 5) is 21.0. The quantitative estimate of drug-likeness (QED) is 0.515. The number of aromatic hydroxyl groups is 1. The van der Waals surface area contributed by atoms with E-state index in [-0.39, 0.29) is 5.75 Å². The Bertz CT molecular complexity index is 529. The second-order valence-electron chi connectivity index (χ2n) is 3.47. The molecule has 0 unspecified atom stereocenters. The Morgan fingerprint density at radius 3 is 2.42 bits per heavy atom. The number of nitro benzene ring substituents is 1. The minimum atomic E-state index is -1.72. The lowest BCUT2D eigenvalue weighted by Crippen LogP contribution is -2.22. The number of carboxylic acids is 1. The van der Waals surface area contributed by atoms with Gasteiger partial charge in [0.15, 0.2) is 11.5 Å². The number of phenols is 1. The van der Waals surface area contributed by atoms with Crippen LogP contribution < -0.4 is 15.2 Å². The molecule has 104 valence electrons. The van der Waals surface area contributed by atoms with Gasteiger partial charge in [0.05, 0.1) is 25.2 Å². The number of rotatable bonds is 5. The van der Waals surface area contributed by atoms with E-state index in [1.165, 1.54) is 7.11 Å². The Labute approximate surface area is 107 Å². The molecule has 1 rings (SSSR count). The molecule has 19 heavy (non-hydrogen) atoms. The maximum absolute atomic E-state index is 11.0. The molecular formula is C10H12N2O7. The minimum absolute atomic E-state index is 0.218. The fraction of sp³-hybridized carbons (Fsp3) is 0.300. The number of ether oxygens (including phenoxy) is 2. The van der Waals surface area contributed by atoms with Gasteiger partial charge in [-0.25, -0.2) is 0 Å². The molecule has 9 nitrogen and oxygen atoms in total. The molecule has 0 saturated heterocycles. The third kappa shape index (κ3) is 2.50. The van der Waals surface area contributed by atoms with Crippen LogP contribution in [0.25, 0.3) is 0 Å². The molecule has 0 saturated carbocycles. The lowest BCUT2D eigenvalue weighted by atomic mass is 10.0. The molecule has 0 amide bonds. The van der Waals surface area contributed by atoms with Gasteiger partial charge in [-0.2, -0.15) is 0 Å². The van der Waals surface area contributed by atoms with Crippen molar-refractivity contribution in [3.8, 4) is 17.2 Å². The van der Waals surface area contributed by atoms with Crippen molar-refractivity contribution in [2.45, 2.75) is 6.04 Å². The topological polar surface area (TPSA) is 145 Å². The molecule has 0 aliphatic carbocycles. The van der Waals surface area contributed by atoms with E-state index in [4.69, 9.17) is 20.3 Å². The molecule has 1 aromatic carbocycles. The van der Waals surface area contributed by atoms with E-state index >= 15 is 0 Å². The number of hydrogen-bond donors (Lipinski definition) is 3. The van der Waals surface area contributed by atoms with Crippen molar-refractivity contribution < 1.29 is 29.4 Å². The van der Waals surface area contributed by atoms with Crippen LogP contribution in [0.3, 0.4) is 0 Å². The predicted molar refractivity (Wildman–Crippen MR) is 62.4 cm³/mol. The van der Waals surface area contributed by atoms with Crippen molar-refractivity contribution in [2.24, 2.45) is 5.73 Å². The SMILES string of the molecule is COc1cc([N+](=O)[O-])c([C@H](N)C(=O)O)c(OC)c1O. The average Bonchev–Trinajstić information content (AvgIpc) is 2.36. The molecule has 1 atom stereocenters. The van der Waals surface area contributed by atoms with E-state index in [0.29, 0.717) is 0 Å². The number of methoxy groups -OCH3 is 2. The van der Waals surface area contributed by atoms with Gasteiger partial charge in [-0.1, -0.05) is 0 Å². The summed E-state index contributed by atoms with van der Waals surface area (Å²) in [5, 5.41) is 29.6. The number of hydrogen-bond acceptors (Lipinski definition) is 7. The number of carbonyl (C=O) groups is 1. The molecule has 4 N–H and O–H groups in total. The van der Waals surface area contributed by atoms with Crippen molar-refractivity contribution in [1.29, 1.82) is 0 Å². The lowest BCUT2D eigenvalue weighted by molar-refractivity contribution is -0.385. The van der Waals surface area contributed by atoms with E-state index in [9.17, 15) is 20.0 Å². The molecule has 0 aliphatic heterocycles. The Kier molecular flexibility index (Phi) is 4.12. The summed E-state index contributed by atoms with van der Waals surface area (Å²) in [7, 11) is 2.31. The monoisotopic (exact) mass is 272 g/mol. The van der Waals surface area contributed by atoms with Crippen molar-refractivity contribution in [3.63, 3.8) is 0 Å². The molecule has 0 aromatic heterocycles. The van der Waals surface area contributed by atoms with Crippen LogP contribution in [0.15, 0.2) is 6.07 Å². The zero-order valence-corrected chi connectivity index (χ0v) is 10.1. The number of nitrogens with zero attached hydrogens (tertiary/aromatic N) is 1. The van der Waals surface area contributed by atoms with E-state index in [2.05, 4.69) is 0 Å². The van der Waals surface area contributed by atoms with Crippen LogP contribution >= 0.6 is 0 Å². The molecule has 0 aliphatic rings. The number of carboxylic acid groups (broad SMARTS) is 1. The second-order valence-corrected chi connectivity index (χ2v) is 3.47. The van der Waals surface area contributed by atoms with E-state index in [0.717, 1.165) is 13.2 Å². The van der Waals surface area contributed by atoms with Crippen LogP contribution in [-0.2, 0) is 4.79 Å². The first-order valence-electron chi connectivity index (χ1n) is 4.95. The first kappa shape index (κ1) is 14.5. The lowest BCUT2D eigenvalue weighted by Gasteiger charge is -2.15. The third-order valence-corrected chi connectivity index (χ3v) is 2.43. The number of aliphatic carboxylic acids is 1. The van der Waals surface area contributed by atoms with Crippen molar-refractivity contribution in [1.82, 2.24) is 0 Å². The molecule has 0 radical (unpaired) electrons.